The van der Waals surface area contributed by atoms with Gasteiger partial charge in [0.1, 0.15) is 17.4 Å². The van der Waals surface area contributed by atoms with Crippen LogP contribution < -0.4 is 0 Å². The number of para-hydroxylation sites is 1. The van der Waals surface area contributed by atoms with Crippen molar-refractivity contribution in [3.63, 3.8) is 0 Å². The van der Waals surface area contributed by atoms with Gasteiger partial charge in [0.05, 0.1) is 11.4 Å². The standard InChI is InChI=1S/C32H29NO4S/c1-23-12-16-26(17-13-23)32(34)29(31-20-27-10-6-7-11-30(27)37-31)22-33(21-25-8-4-3-5-9-25)38(35,36)28-18-14-24(2)15-19-28/h3-20,22,32,34H,21H2,1-2H3/b29-22-/t32-/m1/s1. The molecule has 1 heterocycles. The fourth-order valence-electron chi connectivity index (χ4n) is 4.29. The molecule has 38 heavy (non-hydrogen) atoms. The van der Waals surface area contributed by atoms with Gasteiger partial charge in [0, 0.05) is 17.2 Å². The number of benzene rings is 4. The van der Waals surface area contributed by atoms with Crippen LogP contribution in [0.15, 0.2) is 125 Å². The molecule has 0 radical (unpaired) electrons. The number of aliphatic hydroxyl groups excluding tert-OH is 1. The van der Waals surface area contributed by atoms with E-state index in [-0.39, 0.29) is 11.4 Å². The Hall–Kier alpha value is -4.13. The Morgan fingerprint density at radius 2 is 1.45 bits per heavy atom. The molecule has 0 bridgehead atoms. The van der Waals surface area contributed by atoms with E-state index in [2.05, 4.69) is 0 Å². The summed E-state index contributed by atoms with van der Waals surface area (Å²) in [4.78, 5) is 0.170. The Bertz CT molecular complexity index is 1640. The lowest BCUT2D eigenvalue weighted by Gasteiger charge is -2.24. The maximum atomic E-state index is 14.0. The molecule has 5 rings (SSSR count). The minimum atomic E-state index is -3.97. The first-order valence-corrected chi connectivity index (χ1v) is 13.8. The highest BCUT2D eigenvalue weighted by Gasteiger charge is 2.27. The summed E-state index contributed by atoms with van der Waals surface area (Å²) in [6.45, 7) is 3.97. The molecule has 192 valence electrons. The molecule has 5 aromatic rings. The third-order valence-corrected chi connectivity index (χ3v) is 8.21. The number of rotatable bonds is 8. The Morgan fingerprint density at radius 1 is 0.842 bits per heavy atom. The van der Waals surface area contributed by atoms with Crippen LogP contribution in [-0.4, -0.2) is 17.8 Å². The quantitative estimate of drug-likeness (QED) is 0.237. The lowest BCUT2D eigenvalue weighted by molar-refractivity contribution is 0.234. The Morgan fingerprint density at radius 3 is 2.11 bits per heavy atom. The topological polar surface area (TPSA) is 70.8 Å². The normalized spacial score (nSPS) is 13.0. The van der Waals surface area contributed by atoms with E-state index in [4.69, 9.17) is 4.42 Å². The van der Waals surface area contributed by atoms with Gasteiger partial charge in [-0.25, -0.2) is 8.42 Å². The number of fused-ring (bicyclic) bond motifs is 1. The summed E-state index contributed by atoms with van der Waals surface area (Å²) in [6, 6.07) is 33.0. The van der Waals surface area contributed by atoms with Gasteiger partial charge in [-0.15, -0.1) is 0 Å². The van der Waals surface area contributed by atoms with Gasteiger partial charge in [-0.3, -0.25) is 4.31 Å². The van der Waals surface area contributed by atoms with Crippen molar-refractivity contribution in [3.05, 3.63) is 143 Å². The minimum Gasteiger partial charge on any atom is -0.456 e. The van der Waals surface area contributed by atoms with E-state index in [9.17, 15) is 13.5 Å². The highest BCUT2D eigenvalue weighted by molar-refractivity contribution is 7.89. The van der Waals surface area contributed by atoms with Crippen LogP contribution in [-0.2, 0) is 16.6 Å². The van der Waals surface area contributed by atoms with Crippen molar-refractivity contribution < 1.29 is 17.9 Å². The molecule has 1 N–H and O–H groups in total. The van der Waals surface area contributed by atoms with Crippen LogP contribution in [0.2, 0.25) is 0 Å². The Balaban J connectivity index is 1.68. The summed E-state index contributed by atoms with van der Waals surface area (Å²) in [6.07, 6.45) is 0.382. The monoisotopic (exact) mass is 523 g/mol. The summed E-state index contributed by atoms with van der Waals surface area (Å²) in [5, 5.41) is 12.4. The molecule has 5 nitrogen and oxygen atoms in total. The average molecular weight is 524 g/mol. The predicted molar refractivity (Wildman–Crippen MR) is 151 cm³/mol. The number of hydrogen-bond donors (Lipinski definition) is 1. The second-order valence-electron chi connectivity index (χ2n) is 9.40. The summed E-state index contributed by atoms with van der Waals surface area (Å²) in [7, 11) is -3.97. The molecule has 1 aromatic heterocycles. The fourth-order valence-corrected chi connectivity index (χ4v) is 5.61. The van der Waals surface area contributed by atoms with E-state index in [0.29, 0.717) is 22.5 Å². The van der Waals surface area contributed by atoms with Gasteiger partial charge < -0.3 is 9.52 Å². The maximum absolute atomic E-state index is 14.0. The molecule has 0 saturated carbocycles. The van der Waals surface area contributed by atoms with Gasteiger partial charge in [-0.1, -0.05) is 96.1 Å². The van der Waals surface area contributed by atoms with E-state index in [0.717, 1.165) is 22.1 Å². The first-order valence-electron chi connectivity index (χ1n) is 12.4. The van der Waals surface area contributed by atoms with Crippen LogP contribution in [0.1, 0.15) is 34.1 Å². The molecule has 0 aliphatic heterocycles. The van der Waals surface area contributed by atoms with Gasteiger partial charge in [-0.05, 0) is 49.2 Å². The molecule has 6 heteroatoms. The van der Waals surface area contributed by atoms with E-state index in [1.165, 1.54) is 10.5 Å². The molecule has 4 aromatic carbocycles. The summed E-state index contributed by atoms with van der Waals surface area (Å²) < 4.78 is 35.3. The lowest BCUT2D eigenvalue weighted by Crippen LogP contribution is -2.26. The molecular formula is C32H29NO4S. The maximum Gasteiger partial charge on any atom is 0.264 e. The van der Waals surface area contributed by atoms with Gasteiger partial charge >= 0.3 is 0 Å². The largest absolute Gasteiger partial charge is 0.456 e. The average Bonchev–Trinajstić information content (AvgIpc) is 3.36. The zero-order valence-electron chi connectivity index (χ0n) is 21.3. The summed E-state index contributed by atoms with van der Waals surface area (Å²) >= 11 is 0. The Kier molecular flexibility index (Phi) is 7.18. The third kappa shape index (κ3) is 5.42. The second kappa shape index (κ2) is 10.7. The van der Waals surface area contributed by atoms with Crippen LogP contribution in [0, 0.1) is 13.8 Å². The van der Waals surface area contributed by atoms with E-state index >= 15 is 0 Å². The fraction of sp³-hybridized carbons (Fsp3) is 0.125. The van der Waals surface area contributed by atoms with Gasteiger partial charge in [0.25, 0.3) is 10.0 Å². The SMILES string of the molecule is Cc1ccc([C@@H](O)/C(=C\N(Cc2ccccc2)S(=O)(=O)c2ccc(C)cc2)c2cc3ccccc3o2)cc1. The van der Waals surface area contributed by atoms with Crippen molar-refractivity contribution >= 4 is 26.6 Å². The van der Waals surface area contributed by atoms with Crippen LogP contribution >= 0.6 is 0 Å². The van der Waals surface area contributed by atoms with Gasteiger partial charge in [0.2, 0.25) is 0 Å². The third-order valence-electron chi connectivity index (χ3n) is 6.49. The molecule has 0 spiro atoms. The number of aliphatic hydroxyl groups is 1. The smallest absolute Gasteiger partial charge is 0.264 e. The highest BCUT2D eigenvalue weighted by Crippen LogP contribution is 2.35. The van der Waals surface area contributed by atoms with Crippen molar-refractivity contribution in [2.24, 2.45) is 0 Å². The lowest BCUT2D eigenvalue weighted by atomic mass is 9.99. The number of sulfonamides is 1. The van der Waals surface area contributed by atoms with Crippen LogP contribution in [0.4, 0.5) is 0 Å². The van der Waals surface area contributed by atoms with Crippen molar-refractivity contribution in [1.82, 2.24) is 4.31 Å². The molecule has 0 aliphatic carbocycles. The molecule has 0 aliphatic rings. The minimum absolute atomic E-state index is 0.0847. The molecule has 0 saturated heterocycles. The van der Waals surface area contributed by atoms with Crippen LogP contribution in [0.5, 0.6) is 0 Å². The zero-order valence-corrected chi connectivity index (χ0v) is 22.1. The molecule has 0 unspecified atom stereocenters. The van der Waals surface area contributed by atoms with E-state index in [1.807, 2.05) is 98.8 Å². The molecular weight excluding hydrogens is 494 g/mol. The van der Waals surface area contributed by atoms with Gasteiger partial charge in [0.15, 0.2) is 0 Å². The summed E-state index contributed by atoms with van der Waals surface area (Å²) in [5.41, 5.74) is 4.47. The Labute approximate surface area is 223 Å². The van der Waals surface area contributed by atoms with E-state index < -0.39 is 16.1 Å². The second-order valence-corrected chi connectivity index (χ2v) is 11.3. The first-order chi connectivity index (χ1) is 18.3. The van der Waals surface area contributed by atoms with Crippen molar-refractivity contribution in [2.75, 3.05) is 0 Å². The highest BCUT2D eigenvalue weighted by atomic mass is 32.2. The number of furan rings is 1. The number of hydrogen-bond acceptors (Lipinski definition) is 4. The van der Waals surface area contributed by atoms with Gasteiger partial charge in [-0.2, -0.15) is 0 Å². The first kappa shape index (κ1) is 25.5. The molecule has 0 fully saturated rings. The number of nitrogens with zero attached hydrogens (tertiary/aromatic N) is 1. The van der Waals surface area contributed by atoms with E-state index in [1.54, 1.807) is 24.3 Å². The molecule has 0 amide bonds. The van der Waals surface area contributed by atoms with Crippen molar-refractivity contribution in [1.29, 1.82) is 0 Å². The molecule has 1 atom stereocenters. The van der Waals surface area contributed by atoms with Crippen molar-refractivity contribution in [3.8, 4) is 0 Å². The van der Waals surface area contributed by atoms with Crippen LogP contribution in [0.3, 0.4) is 0 Å². The number of aryl methyl sites for hydroxylation is 2. The zero-order chi connectivity index (χ0) is 26.7. The predicted octanol–water partition coefficient (Wildman–Crippen LogP) is 7.02. The summed E-state index contributed by atoms with van der Waals surface area (Å²) in [5.74, 6) is 0.399. The van der Waals surface area contributed by atoms with Crippen molar-refractivity contribution in [2.45, 2.75) is 31.4 Å². The van der Waals surface area contributed by atoms with Crippen LogP contribution in [0.25, 0.3) is 16.5 Å².